The second-order valence-electron chi connectivity index (χ2n) is 2.78. The minimum Gasteiger partial charge on any atom is -0.493 e. The van der Waals surface area contributed by atoms with Crippen molar-refractivity contribution in [2.45, 2.75) is 13.8 Å². The van der Waals surface area contributed by atoms with Crippen molar-refractivity contribution in [3.05, 3.63) is 23.8 Å². The molecule has 6 heteroatoms. The lowest BCUT2D eigenvalue weighted by Crippen LogP contribution is -2.20. The Hall–Kier alpha value is -2.08. The first kappa shape index (κ1) is 19.3. The number of methoxy groups -OCH3 is 1. The molecule has 19 heavy (non-hydrogen) atoms. The molecule has 3 N–H and O–H groups in total. The van der Waals surface area contributed by atoms with Crippen molar-refractivity contribution in [2.24, 2.45) is 5.73 Å². The Bertz CT molecular complexity index is 379. The number of hydrogen-bond donors (Lipinski definition) is 2. The Labute approximate surface area is 113 Å². The molecule has 1 aromatic rings. The first-order valence-electron chi connectivity index (χ1n) is 5.66. The van der Waals surface area contributed by atoms with E-state index < -0.39 is 5.91 Å². The molecule has 1 rings (SSSR count). The Morgan fingerprint density at radius 3 is 2.32 bits per heavy atom. The zero-order chi connectivity index (χ0) is 15.3. The van der Waals surface area contributed by atoms with Gasteiger partial charge in [-0.3, -0.25) is 9.59 Å². The second-order valence-corrected chi connectivity index (χ2v) is 2.78. The van der Waals surface area contributed by atoms with Crippen molar-refractivity contribution in [1.29, 1.82) is 0 Å². The van der Waals surface area contributed by atoms with Crippen LogP contribution in [0.4, 0.5) is 0 Å². The Kier molecular flexibility index (Phi) is 12.6. The molecule has 108 valence electrons. The molecule has 0 radical (unpaired) electrons. The predicted molar refractivity (Wildman–Crippen MR) is 72.6 cm³/mol. The minimum absolute atomic E-state index is 0.225. The lowest BCUT2D eigenvalue weighted by molar-refractivity contribution is -0.119. The van der Waals surface area contributed by atoms with Crippen LogP contribution in [0, 0.1) is 0 Å². The zero-order valence-electron chi connectivity index (χ0n) is 11.7. The van der Waals surface area contributed by atoms with E-state index in [4.69, 9.17) is 20.3 Å². The number of amides is 1. The topological polar surface area (TPSA) is 98.8 Å². The monoisotopic (exact) mass is 271 g/mol. The third-order valence-corrected chi connectivity index (χ3v) is 1.69. The highest BCUT2D eigenvalue weighted by Crippen LogP contribution is 2.27. The van der Waals surface area contributed by atoms with Crippen molar-refractivity contribution in [2.75, 3.05) is 20.8 Å². The number of aliphatic hydroxyl groups excluding tert-OH is 1. The number of carbonyl (C=O) groups is 2. The maximum absolute atomic E-state index is 10.5. The molecule has 0 spiro atoms. The van der Waals surface area contributed by atoms with Crippen LogP contribution in [0.2, 0.25) is 0 Å². The highest BCUT2D eigenvalue weighted by molar-refractivity contribution is 5.77. The normalized spacial score (nSPS) is 8.05. The van der Waals surface area contributed by atoms with Gasteiger partial charge in [0.1, 0.15) is 6.29 Å². The number of primary amides is 1. The van der Waals surface area contributed by atoms with E-state index in [1.807, 2.05) is 13.8 Å². The van der Waals surface area contributed by atoms with Gasteiger partial charge in [0.25, 0.3) is 5.91 Å². The average molecular weight is 271 g/mol. The van der Waals surface area contributed by atoms with Crippen LogP contribution < -0.4 is 15.2 Å². The Balaban J connectivity index is 0. The lowest BCUT2D eigenvalue weighted by atomic mass is 10.2. The summed E-state index contributed by atoms with van der Waals surface area (Å²) in [6, 6.07) is 4.63. The lowest BCUT2D eigenvalue weighted by Gasteiger charge is -2.09. The van der Waals surface area contributed by atoms with E-state index in [0.717, 1.165) is 7.11 Å². The summed E-state index contributed by atoms with van der Waals surface area (Å²) >= 11 is 0. The molecule has 0 aliphatic heterocycles. The molecule has 6 nitrogen and oxygen atoms in total. The molecule has 0 heterocycles. The van der Waals surface area contributed by atoms with Gasteiger partial charge in [-0.15, -0.1) is 0 Å². The first-order chi connectivity index (χ1) is 9.17. The van der Waals surface area contributed by atoms with E-state index in [2.05, 4.69) is 0 Å². The van der Waals surface area contributed by atoms with Gasteiger partial charge < -0.3 is 20.3 Å². The largest absolute Gasteiger partial charge is 0.493 e. The summed E-state index contributed by atoms with van der Waals surface area (Å²) in [6.07, 6.45) is 0.695. The summed E-state index contributed by atoms with van der Waals surface area (Å²) in [5, 5.41) is 7.00. The van der Waals surface area contributed by atoms with Crippen LogP contribution in [0.3, 0.4) is 0 Å². The Morgan fingerprint density at radius 1 is 1.32 bits per heavy atom. The van der Waals surface area contributed by atoms with Crippen LogP contribution in [-0.4, -0.2) is 38.1 Å². The molecule has 0 atom stereocenters. The fourth-order valence-electron chi connectivity index (χ4n) is 1.03. The molecule has 0 aromatic heterocycles. The second kappa shape index (κ2) is 12.4. The fraction of sp³-hybridized carbons (Fsp3) is 0.385. The average Bonchev–Trinajstić information content (AvgIpc) is 2.48. The summed E-state index contributed by atoms with van der Waals surface area (Å²) in [4.78, 5) is 21.0. The quantitative estimate of drug-likeness (QED) is 0.778. The fourth-order valence-corrected chi connectivity index (χ4v) is 1.03. The van der Waals surface area contributed by atoms with Gasteiger partial charge >= 0.3 is 0 Å². The van der Waals surface area contributed by atoms with Gasteiger partial charge in [-0.1, -0.05) is 13.8 Å². The maximum atomic E-state index is 10.5. The Morgan fingerprint density at radius 2 is 1.89 bits per heavy atom. The van der Waals surface area contributed by atoms with E-state index in [1.54, 1.807) is 12.1 Å². The van der Waals surface area contributed by atoms with Gasteiger partial charge in [-0.2, -0.15) is 0 Å². The number of rotatable bonds is 5. The molecule has 0 bridgehead atoms. The van der Waals surface area contributed by atoms with Gasteiger partial charge in [0.2, 0.25) is 0 Å². The van der Waals surface area contributed by atoms with Crippen molar-refractivity contribution in [1.82, 2.24) is 0 Å². The molecule has 1 amide bonds. The summed E-state index contributed by atoms with van der Waals surface area (Å²) in [6.45, 7) is 3.77. The molecule has 1 aromatic carbocycles. The third-order valence-electron chi connectivity index (χ3n) is 1.69. The summed E-state index contributed by atoms with van der Waals surface area (Å²) in [5.74, 6) is 0.194. The predicted octanol–water partition coefficient (Wildman–Crippen LogP) is 1.01. The van der Waals surface area contributed by atoms with Crippen molar-refractivity contribution in [3.63, 3.8) is 0 Å². The molecule has 0 saturated carbocycles. The van der Waals surface area contributed by atoms with Crippen LogP contribution in [-0.2, 0) is 4.79 Å². The highest BCUT2D eigenvalue weighted by atomic mass is 16.5. The van der Waals surface area contributed by atoms with Gasteiger partial charge in [0.15, 0.2) is 18.1 Å². The molecule has 0 fully saturated rings. The number of aldehydes is 1. The summed E-state index contributed by atoms with van der Waals surface area (Å²) in [5.41, 5.74) is 5.40. The van der Waals surface area contributed by atoms with Crippen molar-refractivity contribution >= 4 is 12.2 Å². The molecular formula is C13H21NO5. The van der Waals surface area contributed by atoms with Crippen LogP contribution >= 0.6 is 0 Å². The molecular weight excluding hydrogens is 250 g/mol. The van der Waals surface area contributed by atoms with E-state index in [0.29, 0.717) is 23.3 Å². The van der Waals surface area contributed by atoms with Gasteiger partial charge in [-0.05, 0) is 18.2 Å². The van der Waals surface area contributed by atoms with Gasteiger partial charge in [0.05, 0.1) is 7.11 Å². The van der Waals surface area contributed by atoms with Crippen molar-refractivity contribution in [3.8, 4) is 11.5 Å². The minimum atomic E-state index is -0.573. The third kappa shape index (κ3) is 7.77. The van der Waals surface area contributed by atoms with E-state index >= 15 is 0 Å². The molecule has 0 saturated heterocycles. The summed E-state index contributed by atoms with van der Waals surface area (Å²) in [7, 11) is 2.45. The number of carbonyl (C=O) groups excluding carboxylic acids is 2. The smallest absolute Gasteiger partial charge is 0.255 e. The number of ether oxygens (including phenoxy) is 2. The number of nitrogens with two attached hydrogens (primary N) is 1. The van der Waals surface area contributed by atoms with Gasteiger partial charge in [-0.25, -0.2) is 0 Å². The van der Waals surface area contributed by atoms with Crippen LogP contribution in [0.1, 0.15) is 24.2 Å². The molecule has 0 aliphatic carbocycles. The summed E-state index contributed by atoms with van der Waals surface area (Å²) < 4.78 is 10.1. The molecule has 0 aliphatic rings. The highest BCUT2D eigenvalue weighted by Gasteiger charge is 2.06. The molecule has 0 unspecified atom stereocenters. The standard InChI is InChI=1S/C10H11NO4.C2H6.CH4O/c1-14-9-4-7(5-12)2-3-8(9)15-6-10(11)13;2*1-2/h2-5H,6H2,1H3,(H2,11,13);1-2H3;2H,1H3. The maximum Gasteiger partial charge on any atom is 0.255 e. The number of aliphatic hydroxyl groups is 1. The zero-order valence-corrected chi connectivity index (χ0v) is 11.7. The van der Waals surface area contributed by atoms with E-state index in [-0.39, 0.29) is 6.61 Å². The van der Waals surface area contributed by atoms with Crippen LogP contribution in [0.5, 0.6) is 11.5 Å². The van der Waals surface area contributed by atoms with Gasteiger partial charge in [0, 0.05) is 12.7 Å². The van der Waals surface area contributed by atoms with Crippen molar-refractivity contribution < 1.29 is 24.2 Å². The number of hydrogen-bond acceptors (Lipinski definition) is 5. The van der Waals surface area contributed by atoms with E-state index in [1.165, 1.54) is 13.2 Å². The SMILES string of the molecule is CC.CO.COc1cc(C=O)ccc1OCC(N)=O. The van der Waals surface area contributed by atoms with Crippen LogP contribution in [0.25, 0.3) is 0 Å². The van der Waals surface area contributed by atoms with Crippen LogP contribution in [0.15, 0.2) is 18.2 Å². The van der Waals surface area contributed by atoms with E-state index in [9.17, 15) is 9.59 Å². The number of benzene rings is 1. The first-order valence-corrected chi connectivity index (χ1v) is 5.66.